The van der Waals surface area contributed by atoms with Gasteiger partial charge in [-0.15, -0.1) is 0 Å². The molecule has 6 heteroatoms. The number of nitrogens with zero attached hydrogens (tertiary/aromatic N) is 2. The van der Waals surface area contributed by atoms with Crippen LogP contribution in [0.5, 0.6) is 5.88 Å². The molecule has 0 saturated carbocycles. The maximum Gasteiger partial charge on any atom is 0.419 e. The summed E-state index contributed by atoms with van der Waals surface area (Å²) in [6.07, 6.45) is -3.43. The molecular formula is C14H9F3N2O. The fourth-order valence-corrected chi connectivity index (χ4v) is 2.29. The highest BCUT2D eigenvalue weighted by Gasteiger charge is 2.36. The molecule has 2 aromatic carbocycles. The van der Waals surface area contributed by atoms with E-state index in [1.54, 1.807) is 24.3 Å². The highest BCUT2D eigenvalue weighted by molar-refractivity contribution is 6.02. The maximum atomic E-state index is 13.4. The van der Waals surface area contributed by atoms with Crippen LogP contribution in [0, 0.1) is 0 Å². The van der Waals surface area contributed by atoms with Gasteiger partial charge in [-0.3, -0.25) is 0 Å². The molecule has 0 fully saturated rings. The number of ether oxygens (including phenoxy) is 1. The van der Waals surface area contributed by atoms with Crippen LogP contribution in [0.4, 0.5) is 13.2 Å². The Morgan fingerprint density at radius 2 is 1.80 bits per heavy atom. The molecule has 3 aromatic rings. The number of hydrogen-bond donors (Lipinski definition) is 0. The van der Waals surface area contributed by atoms with Crippen LogP contribution in [0.2, 0.25) is 0 Å². The molecule has 0 aliphatic heterocycles. The van der Waals surface area contributed by atoms with Crippen molar-refractivity contribution in [3.05, 3.63) is 42.2 Å². The Labute approximate surface area is 112 Å². The molecule has 20 heavy (non-hydrogen) atoms. The Morgan fingerprint density at radius 3 is 2.50 bits per heavy atom. The Kier molecular flexibility index (Phi) is 2.74. The highest BCUT2D eigenvalue weighted by atomic mass is 19.4. The first-order valence-corrected chi connectivity index (χ1v) is 5.80. The zero-order chi connectivity index (χ0) is 14.3. The van der Waals surface area contributed by atoms with Gasteiger partial charge < -0.3 is 4.74 Å². The quantitative estimate of drug-likeness (QED) is 0.635. The molecular weight excluding hydrogens is 269 g/mol. The minimum atomic E-state index is -4.50. The van der Waals surface area contributed by atoms with E-state index in [4.69, 9.17) is 4.74 Å². The number of alkyl halides is 3. The summed E-state index contributed by atoms with van der Waals surface area (Å²) in [6.45, 7) is 0. The molecule has 0 spiro atoms. The van der Waals surface area contributed by atoms with Gasteiger partial charge in [-0.2, -0.15) is 13.2 Å². The molecule has 102 valence electrons. The number of aromatic nitrogens is 2. The number of benzene rings is 2. The van der Waals surface area contributed by atoms with Crippen LogP contribution in [-0.2, 0) is 6.18 Å². The van der Waals surface area contributed by atoms with Crippen molar-refractivity contribution in [2.45, 2.75) is 6.18 Å². The van der Waals surface area contributed by atoms with Crippen LogP contribution in [-0.4, -0.2) is 17.1 Å². The second-order valence-electron chi connectivity index (χ2n) is 4.25. The van der Waals surface area contributed by atoms with Crippen LogP contribution < -0.4 is 4.74 Å². The molecule has 0 saturated heterocycles. The molecule has 1 aromatic heterocycles. The van der Waals surface area contributed by atoms with E-state index in [0.717, 1.165) is 6.33 Å². The number of fused-ring (bicyclic) bond motifs is 2. The van der Waals surface area contributed by atoms with E-state index in [-0.39, 0.29) is 22.2 Å². The van der Waals surface area contributed by atoms with Crippen molar-refractivity contribution in [1.29, 1.82) is 0 Å². The average Bonchev–Trinajstić information content (AvgIpc) is 2.42. The van der Waals surface area contributed by atoms with Gasteiger partial charge in [0.25, 0.3) is 0 Å². The van der Waals surface area contributed by atoms with Crippen LogP contribution in [0.1, 0.15) is 5.56 Å². The molecule has 0 bridgehead atoms. The zero-order valence-corrected chi connectivity index (χ0v) is 10.4. The molecule has 0 amide bonds. The van der Waals surface area contributed by atoms with Crippen molar-refractivity contribution < 1.29 is 17.9 Å². The van der Waals surface area contributed by atoms with Crippen molar-refractivity contribution in [3.8, 4) is 5.88 Å². The summed E-state index contributed by atoms with van der Waals surface area (Å²) in [4.78, 5) is 7.65. The van der Waals surface area contributed by atoms with Gasteiger partial charge in [0.2, 0.25) is 5.88 Å². The summed E-state index contributed by atoms with van der Waals surface area (Å²) in [7, 11) is 1.37. The molecule has 0 N–H and O–H groups in total. The average molecular weight is 278 g/mol. The summed E-state index contributed by atoms with van der Waals surface area (Å²) in [5.74, 6) is 0.131. The van der Waals surface area contributed by atoms with Gasteiger partial charge in [0, 0.05) is 0 Å². The van der Waals surface area contributed by atoms with E-state index in [0.29, 0.717) is 5.39 Å². The third-order valence-electron chi connectivity index (χ3n) is 3.09. The van der Waals surface area contributed by atoms with Crippen molar-refractivity contribution in [3.63, 3.8) is 0 Å². The lowest BCUT2D eigenvalue weighted by molar-refractivity contribution is -0.135. The highest BCUT2D eigenvalue weighted by Crippen LogP contribution is 2.40. The minimum absolute atomic E-state index is 0.119. The van der Waals surface area contributed by atoms with Gasteiger partial charge in [0.1, 0.15) is 6.33 Å². The fraction of sp³-hybridized carbons (Fsp3) is 0.143. The summed E-state index contributed by atoms with van der Waals surface area (Å²) in [5, 5.41) is 0.842. The SMILES string of the molecule is COc1ncnc2c(C(F)(F)F)c3ccccc3cc12. The summed E-state index contributed by atoms with van der Waals surface area (Å²) in [6, 6.07) is 7.92. The van der Waals surface area contributed by atoms with Gasteiger partial charge in [0.15, 0.2) is 0 Å². The van der Waals surface area contributed by atoms with E-state index in [1.165, 1.54) is 13.2 Å². The van der Waals surface area contributed by atoms with E-state index < -0.39 is 11.7 Å². The number of rotatable bonds is 1. The first-order chi connectivity index (χ1) is 9.52. The zero-order valence-electron chi connectivity index (χ0n) is 10.4. The number of halogens is 3. The topological polar surface area (TPSA) is 35.0 Å². The maximum absolute atomic E-state index is 13.4. The van der Waals surface area contributed by atoms with Gasteiger partial charge >= 0.3 is 6.18 Å². The van der Waals surface area contributed by atoms with Crippen molar-refractivity contribution >= 4 is 21.7 Å². The lowest BCUT2D eigenvalue weighted by Gasteiger charge is -2.14. The van der Waals surface area contributed by atoms with Gasteiger partial charge in [-0.25, -0.2) is 9.97 Å². The van der Waals surface area contributed by atoms with Crippen LogP contribution in [0.15, 0.2) is 36.7 Å². The van der Waals surface area contributed by atoms with Gasteiger partial charge in [-0.1, -0.05) is 24.3 Å². The molecule has 0 aliphatic rings. The smallest absolute Gasteiger partial charge is 0.419 e. The molecule has 0 atom stereocenters. The monoisotopic (exact) mass is 278 g/mol. The third-order valence-corrected chi connectivity index (χ3v) is 3.09. The van der Waals surface area contributed by atoms with Crippen molar-refractivity contribution in [2.75, 3.05) is 7.11 Å². The number of hydrogen-bond acceptors (Lipinski definition) is 3. The van der Waals surface area contributed by atoms with Crippen LogP contribution in [0.3, 0.4) is 0 Å². The van der Waals surface area contributed by atoms with Crippen molar-refractivity contribution in [2.24, 2.45) is 0 Å². The number of methoxy groups -OCH3 is 1. The van der Waals surface area contributed by atoms with E-state index in [1.807, 2.05) is 0 Å². The Balaban J connectivity index is 2.57. The normalized spacial score (nSPS) is 12.0. The second kappa shape index (κ2) is 4.33. The van der Waals surface area contributed by atoms with Gasteiger partial charge in [0.05, 0.1) is 23.6 Å². The molecule has 0 unspecified atom stereocenters. The third kappa shape index (κ3) is 1.84. The lowest BCUT2D eigenvalue weighted by atomic mass is 10.0. The van der Waals surface area contributed by atoms with E-state index in [2.05, 4.69) is 9.97 Å². The largest absolute Gasteiger partial charge is 0.480 e. The van der Waals surface area contributed by atoms with E-state index in [9.17, 15) is 13.2 Å². The minimum Gasteiger partial charge on any atom is -0.480 e. The molecule has 3 nitrogen and oxygen atoms in total. The molecule has 3 rings (SSSR count). The summed E-state index contributed by atoms with van der Waals surface area (Å²) in [5.41, 5.74) is -0.908. The predicted octanol–water partition coefficient (Wildman–Crippen LogP) is 3.81. The summed E-state index contributed by atoms with van der Waals surface area (Å²) >= 11 is 0. The first kappa shape index (κ1) is 12.7. The van der Waals surface area contributed by atoms with E-state index >= 15 is 0 Å². The summed E-state index contributed by atoms with van der Waals surface area (Å²) < 4.78 is 45.2. The first-order valence-electron chi connectivity index (χ1n) is 5.80. The lowest BCUT2D eigenvalue weighted by Crippen LogP contribution is -2.08. The Morgan fingerprint density at radius 1 is 1.05 bits per heavy atom. The van der Waals surface area contributed by atoms with Crippen LogP contribution in [0.25, 0.3) is 21.7 Å². The predicted molar refractivity (Wildman–Crippen MR) is 68.6 cm³/mol. The molecule has 1 heterocycles. The Hall–Kier alpha value is -2.37. The fourth-order valence-electron chi connectivity index (χ4n) is 2.29. The van der Waals surface area contributed by atoms with Crippen LogP contribution >= 0.6 is 0 Å². The molecule has 0 radical (unpaired) electrons. The van der Waals surface area contributed by atoms with Crippen molar-refractivity contribution in [1.82, 2.24) is 9.97 Å². The second-order valence-corrected chi connectivity index (χ2v) is 4.25. The van der Waals surface area contributed by atoms with Gasteiger partial charge in [-0.05, 0) is 16.8 Å². The standard InChI is InChI=1S/C14H9F3N2O/c1-20-13-10-6-8-4-2-3-5-9(8)11(14(15,16)17)12(10)18-7-19-13/h2-7H,1H3. The molecule has 0 aliphatic carbocycles. The Bertz CT molecular complexity index is 799.